The van der Waals surface area contributed by atoms with Crippen molar-refractivity contribution >= 4 is 28.7 Å². The van der Waals surface area contributed by atoms with Gasteiger partial charge in [0.05, 0.1) is 0 Å². The molecule has 3 heterocycles. The average molecular weight is 443 g/mol. The van der Waals surface area contributed by atoms with Crippen LogP contribution in [0.15, 0.2) is 35.3 Å². The molecule has 1 fully saturated rings. The zero-order valence-corrected chi connectivity index (χ0v) is 18.6. The van der Waals surface area contributed by atoms with Crippen LogP contribution in [-0.2, 0) is 0 Å². The number of H-pyrrole nitrogens is 1. The number of aromatic amines is 1. The van der Waals surface area contributed by atoms with Crippen molar-refractivity contribution in [2.45, 2.75) is 20.3 Å². The molecular formula is C22H27ClN6O2. The summed E-state index contributed by atoms with van der Waals surface area (Å²) in [5.74, 6) is -0.262. The van der Waals surface area contributed by atoms with Gasteiger partial charge in [-0.15, -0.1) is 0 Å². The van der Waals surface area contributed by atoms with Gasteiger partial charge in [0.1, 0.15) is 5.52 Å². The average Bonchev–Trinajstić information content (AvgIpc) is 3.18. The monoisotopic (exact) mass is 442 g/mol. The largest absolute Gasteiger partial charge is 0.369 e. The first-order chi connectivity index (χ1) is 14.9. The number of hydrogen-bond acceptors (Lipinski definition) is 5. The molecule has 0 unspecified atom stereocenters. The maximum atomic E-state index is 12.4. The highest BCUT2D eigenvalue weighted by Crippen LogP contribution is 2.25. The SMILES string of the molecule is Cc1cn2nc(C(=O)NCCCN3CCN(c4cc(Cl)ccc4C)CC3)cc2c(=O)[nH]1. The van der Waals surface area contributed by atoms with Crippen molar-refractivity contribution in [3.8, 4) is 0 Å². The van der Waals surface area contributed by atoms with Crippen LogP contribution in [0.4, 0.5) is 5.69 Å². The fourth-order valence-corrected chi connectivity index (χ4v) is 4.13. The van der Waals surface area contributed by atoms with Crippen molar-refractivity contribution in [2.24, 2.45) is 0 Å². The standard InChI is InChI=1S/C22H27ClN6O2/c1-15-4-5-17(23)12-19(15)28-10-8-27(9-11-28)7-3-6-24-21(30)18-13-20-22(31)25-16(2)14-29(20)26-18/h4-5,12-14H,3,6-11H2,1-2H3,(H,24,30)(H,25,31). The molecule has 0 bridgehead atoms. The molecule has 4 rings (SSSR count). The molecule has 0 aliphatic carbocycles. The van der Waals surface area contributed by atoms with Gasteiger partial charge in [-0.2, -0.15) is 5.10 Å². The lowest BCUT2D eigenvalue weighted by molar-refractivity contribution is 0.0946. The highest BCUT2D eigenvalue weighted by molar-refractivity contribution is 6.30. The number of halogens is 1. The lowest BCUT2D eigenvalue weighted by atomic mass is 10.1. The third-order valence-corrected chi connectivity index (χ3v) is 5.88. The lowest BCUT2D eigenvalue weighted by Gasteiger charge is -2.36. The first-order valence-corrected chi connectivity index (χ1v) is 10.9. The lowest BCUT2D eigenvalue weighted by Crippen LogP contribution is -2.47. The number of rotatable bonds is 6. The number of nitrogens with one attached hydrogen (secondary N) is 2. The molecule has 9 heteroatoms. The number of hydrogen-bond donors (Lipinski definition) is 2. The first kappa shape index (κ1) is 21.4. The van der Waals surface area contributed by atoms with E-state index in [4.69, 9.17) is 11.6 Å². The van der Waals surface area contributed by atoms with Gasteiger partial charge in [-0.25, -0.2) is 4.52 Å². The van der Waals surface area contributed by atoms with Crippen LogP contribution in [0.3, 0.4) is 0 Å². The second kappa shape index (κ2) is 9.11. The third-order valence-electron chi connectivity index (χ3n) is 5.65. The number of aromatic nitrogens is 3. The minimum atomic E-state index is -0.262. The van der Waals surface area contributed by atoms with E-state index in [-0.39, 0.29) is 17.2 Å². The maximum Gasteiger partial charge on any atom is 0.274 e. The number of benzene rings is 1. The molecule has 0 radical (unpaired) electrons. The summed E-state index contributed by atoms with van der Waals surface area (Å²) in [5, 5.41) is 7.88. The molecule has 2 N–H and O–H groups in total. The van der Waals surface area contributed by atoms with Gasteiger partial charge >= 0.3 is 0 Å². The van der Waals surface area contributed by atoms with E-state index in [2.05, 4.69) is 38.2 Å². The summed E-state index contributed by atoms with van der Waals surface area (Å²) in [4.78, 5) is 31.9. The summed E-state index contributed by atoms with van der Waals surface area (Å²) in [7, 11) is 0. The van der Waals surface area contributed by atoms with Crippen molar-refractivity contribution in [3.05, 3.63) is 62.8 Å². The summed E-state index contributed by atoms with van der Waals surface area (Å²) >= 11 is 6.16. The van der Waals surface area contributed by atoms with Gasteiger partial charge in [-0.3, -0.25) is 14.5 Å². The van der Waals surface area contributed by atoms with Crippen molar-refractivity contribution in [1.82, 2.24) is 24.8 Å². The minimum absolute atomic E-state index is 0.251. The van der Waals surface area contributed by atoms with Crippen LogP contribution in [0.2, 0.25) is 5.02 Å². The van der Waals surface area contributed by atoms with Crippen LogP contribution in [0.1, 0.15) is 28.2 Å². The van der Waals surface area contributed by atoms with E-state index in [1.54, 1.807) is 13.1 Å². The number of carbonyl (C=O) groups is 1. The van der Waals surface area contributed by atoms with Crippen LogP contribution in [0.5, 0.6) is 0 Å². The molecule has 0 atom stereocenters. The summed E-state index contributed by atoms with van der Waals surface area (Å²) in [6.07, 6.45) is 2.55. The van der Waals surface area contributed by atoms with Gasteiger partial charge in [0.2, 0.25) is 0 Å². The Bertz CT molecular complexity index is 1150. The Morgan fingerprint density at radius 2 is 1.97 bits per heavy atom. The van der Waals surface area contributed by atoms with Crippen LogP contribution in [0, 0.1) is 13.8 Å². The second-order valence-corrected chi connectivity index (χ2v) is 8.43. The Balaban J connectivity index is 1.23. The Morgan fingerprint density at radius 1 is 1.19 bits per heavy atom. The molecule has 8 nitrogen and oxygen atoms in total. The predicted molar refractivity (Wildman–Crippen MR) is 122 cm³/mol. The Morgan fingerprint density at radius 3 is 2.74 bits per heavy atom. The molecule has 0 spiro atoms. The predicted octanol–water partition coefficient (Wildman–Crippen LogP) is 2.23. The Hall–Kier alpha value is -2.84. The van der Waals surface area contributed by atoms with Crippen molar-refractivity contribution in [3.63, 3.8) is 0 Å². The van der Waals surface area contributed by atoms with E-state index >= 15 is 0 Å². The smallest absolute Gasteiger partial charge is 0.274 e. The zero-order valence-electron chi connectivity index (χ0n) is 17.8. The van der Waals surface area contributed by atoms with Crippen molar-refractivity contribution < 1.29 is 4.79 Å². The molecule has 3 aromatic rings. The second-order valence-electron chi connectivity index (χ2n) is 7.99. The summed E-state index contributed by atoms with van der Waals surface area (Å²) in [6, 6.07) is 7.55. The van der Waals surface area contributed by atoms with Crippen LogP contribution >= 0.6 is 11.6 Å². The first-order valence-electron chi connectivity index (χ1n) is 10.5. The third kappa shape index (κ3) is 4.91. The van der Waals surface area contributed by atoms with Crippen LogP contribution in [0.25, 0.3) is 5.52 Å². The summed E-state index contributed by atoms with van der Waals surface area (Å²) in [6.45, 7) is 9.26. The highest BCUT2D eigenvalue weighted by atomic mass is 35.5. The van der Waals surface area contributed by atoms with Crippen LogP contribution < -0.4 is 15.8 Å². The van der Waals surface area contributed by atoms with E-state index in [0.717, 1.165) is 44.2 Å². The molecule has 1 aliphatic rings. The molecule has 1 saturated heterocycles. The van der Waals surface area contributed by atoms with Crippen molar-refractivity contribution in [2.75, 3.05) is 44.2 Å². The number of anilines is 1. The topological polar surface area (TPSA) is 85.7 Å². The fourth-order valence-electron chi connectivity index (χ4n) is 3.96. The number of amides is 1. The van der Waals surface area contributed by atoms with Gasteiger partial charge in [-0.1, -0.05) is 17.7 Å². The molecule has 1 amide bonds. The zero-order chi connectivity index (χ0) is 22.0. The minimum Gasteiger partial charge on any atom is -0.369 e. The number of piperazine rings is 1. The fraction of sp³-hybridized carbons (Fsp3) is 0.409. The Kier molecular flexibility index (Phi) is 6.29. The quantitative estimate of drug-likeness (QED) is 0.572. The normalized spacial score (nSPS) is 14.9. The van der Waals surface area contributed by atoms with Gasteiger partial charge in [0.15, 0.2) is 5.69 Å². The van der Waals surface area contributed by atoms with E-state index < -0.39 is 0 Å². The van der Waals surface area contributed by atoms with E-state index in [9.17, 15) is 9.59 Å². The molecule has 1 aromatic carbocycles. The molecule has 0 saturated carbocycles. The molecule has 1 aliphatic heterocycles. The molecule has 2 aromatic heterocycles. The molecule has 31 heavy (non-hydrogen) atoms. The van der Waals surface area contributed by atoms with Crippen molar-refractivity contribution in [1.29, 1.82) is 0 Å². The molecule has 164 valence electrons. The van der Waals surface area contributed by atoms with Crippen LogP contribution in [-0.4, -0.2) is 64.7 Å². The Labute approximate surface area is 185 Å². The summed E-state index contributed by atoms with van der Waals surface area (Å²) in [5.41, 5.74) is 3.51. The maximum absolute atomic E-state index is 12.4. The number of carbonyl (C=O) groups excluding carboxylic acids is 1. The summed E-state index contributed by atoms with van der Waals surface area (Å²) < 4.78 is 1.45. The van der Waals surface area contributed by atoms with E-state index in [1.807, 2.05) is 12.1 Å². The molecular weight excluding hydrogens is 416 g/mol. The number of nitrogens with zero attached hydrogens (tertiary/aromatic N) is 4. The van der Waals surface area contributed by atoms with Gasteiger partial charge in [0.25, 0.3) is 11.5 Å². The number of aryl methyl sites for hydroxylation is 2. The van der Waals surface area contributed by atoms with Gasteiger partial charge < -0.3 is 15.2 Å². The van der Waals surface area contributed by atoms with Gasteiger partial charge in [-0.05, 0) is 44.5 Å². The van der Waals surface area contributed by atoms with Gasteiger partial charge in [0, 0.05) is 61.4 Å². The number of fused-ring (bicyclic) bond motifs is 1. The highest BCUT2D eigenvalue weighted by Gasteiger charge is 2.18. The van der Waals surface area contributed by atoms with E-state index in [1.165, 1.54) is 21.8 Å². The van der Waals surface area contributed by atoms with E-state index in [0.29, 0.717) is 17.8 Å².